The molecule has 0 radical (unpaired) electrons. The Labute approximate surface area is 247 Å². The van der Waals surface area contributed by atoms with Crippen LogP contribution in [0.2, 0.25) is 5.02 Å². The standard InChI is InChI=1S/C26H26ClIN8O2S/c27-21-17(4-3-16-20(21)25(37)36(14-34-16)12-15-2-1-7-31-24(15)30)39-19-11-32-18(10-33-19)35-8-5-26(6-9-35)13-38-23(28)22(26)29/h1-4,7,10-11,14,22-23H,5-6,8-9,12-13,29H2,(H2,30,31)/t22-,23-/m1/s1. The molecule has 0 amide bonds. The molecule has 6 rings (SSSR count). The molecule has 2 aliphatic rings. The highest BCUT2D eigenvalue weighted by molar-refractivity contribution is 14.1. The van der Waals surface area contributed by atoms with E-state index in [2.05, 4.69) is 47.4 Å². The molecule has 2 aliphatic heterocycles. The highest BCUT2D eigenvalue weighted by Crippen LogP contribution is 2.43. The molecule has 2 fully saturated rings. The number of halogens is 2. The molecule has 3 aromatic heterocycles. The molecule has 0 bridgehead atoms. The van der Waals surface area contributed by atoms with Gasteiger partial charge < -0.3 is 21.1 Å². The van der Waals surface area contributed by atoms with Crippen molar-refractivity contribution in [1.29, 1.82) is 0 Å². The monoisotopic (exact) mass is 676 g/mol. The normalized spacial score (nSPS) is 20.6. The Morgan fingerprint density at radius 1 is 1.15 bits per heavy atom. The van der Waals surface area contributed by atoms with Gasteiger partial charge in [0.15, 0.2) is 0 Å². The molecule has 39 heavy (non-hydrogen) atoms. The second-order valence-corrected chi connectivity index (χ2v) is 12.5. The highest BCUT2D eigenvalue weighted by atomic mass is 127. The summed E-state index contributed by atoms with van der Waals surface area (Å²) in [5, 5.41) is 1.36. The van der Waals surface area contributed by atoms with Gasteiger partial charge in [0, 0.05) is 41.2 Å². The second-order valence-electron chi connectivity index (χ2n) is 9.85. The fourth-order valence-corrected chi connectivity index (χ4v) is 7.23. The van der Waals surface area contributed by atoms with Crippen LogP contribution in [0, 0.1) is 5.41 Å². The molecule has 202 valence electrons. The number of aromatic nitrogens is 5. The summed E-state index contributed by atoms with van der Waals surface area (Å²) in [5.74, 6) is 1.20. The van der Waals surface area contributed by atoms with E-state index in [1.165, 1.54) is 22.7 Å². The van der Waals surface area contributed by atoms with Gasteiger partial charge in [0.25, 0.3) is 5.56 Å². The van der Waals surface area contributed by atoms with E-state index in [4.69, 9.17) is 27.8 Å². The number of pyridine rings is 1. The molecule has 0 saturated carbocycles. The van der Waals surface area contributed by atoms with Gasteiger partial charge in [-0.25, -0.2) is 19.9 Å². The van der Waals surface area contributed by atoms with Crippen LogP contribution in [0.5, 0.6) is 0 Å². The maximum Gasteiger partial charge on any atom is 0.263 e. The van der Waals surface area contributed by atoms with E-state index < -0.39 is 0 Å². The van der Waals surface area contributed by atoms with Gasteiger partial charge in [-0.2, -0.15) is 0 Å². The van der Waals surface area contributed by atoms with Crippen LogP contribution >= 0.6 is 46.0 Å². The minimum absolute atomic E-state index is 0.0520. The summed E-state index contributed by atoms with van der Waals surface area (Å²) in [5.41, 5.74) is 13.5. The molecule has 4 N–H and O–H groups in total. The fraction of sp³-hybridized carbons (Fsp3) is 0.346. The molecule has 13 heteroatoms. The first-order valence-electron chi connectivity index (χ1n) is 12.5. The Morgan fingerprint density at radius 2 is 1.97 bits per heavy atom. The first-order chi connectivity index (χ1) is 18.8. The number of hydrogen-bond donors (Lipinski definition) is 2. The Hall–Kier alpha value is -2.52. The van der Waals surface area contributed by atoms with E-state index >= 15 is 0 Å². The molecule has 4 aromatic rings. The van der Waals surface area contributed by atoms with Crippen molar-refractivity contribution in [1.82, 2.24) is 24.5 Å². The summed E-state index contributed by atoms with van der Waals surface area (Å²) in [6.45, 7) is 2.70. The number of nitrogens with two attached hydrogens (primary N) is 2. The fourth-order valence-electron chi connectivity index (χ4n) is 5.17. The zero-order valence-electron chi connectivity index (χ0n) is 20.8. The van der Waals surface area contributed by atoms with Crippen molar-refractivity contribution < 1.29 is 4.74 Å². The van der Waals surface area contributed by atoms with E-state index in [9.17, 15) is 4.79 Å². The van der Waals surface area contributed by atoms with Crippen molar-refractivity contribution in [3.8, 4) is 0 Å². The van der Waals surface area contributed by atoms with Gasteiger partial charge in [-0.1, -0.05) is 29.4 Å². The summed E-state index contributed by atoms with van der Waals surface area (Å²) >= 11 is 10.4. The maximum absolute atomic E-state index is 13.3. The zero-order chi connectivity index (χ0) is 27.1. The van der Waals surface area contributed by atoms with Crippen molar-refractivity contribution in [2.45, 2.75) is 39.5 Å². The lowest BCUT2D eigenvalue weighted by atomic mass is 9.75. The summed E-state index contributed by atoms with van der Waals surface area (Å²) in [7, 11) is 0. The summed E-state index contributed by atoms with van der Waals surface area (Å²) in [6.07, 6.45) is 8.58. The van der Waals surface area contributed by atoms with Crippen molar-refractivity contribution >= 4 is 68.5 Å². The number of anilines is 2. The van der Waals surface area contributed by atoms with Crippen LogP contribution in [-0.4, -0.2) is 54.4 Å². The number of nitrogen functional groups attached to an aromatic ring is 1. The average Bonchev–Trinajstić information content (AvgIpc) is 3.22. The predicted octanol–water partition coefficient (Wildman–Crippen LogP) is 3.72. The molecule has 1 aromatic carbocycles. The van der Waals surface area contributed by atoms with E-state index in [-0.39, 0.29) is 27.7 Å². The highest BCUT2D eigenvalue weighted by Gasteiger charge is 2.48. The third kappa shape index (κ3) is 5.08. The van der Waals surface area contributed by atoms with Crippen LogP contribution in [0.15, 0.2) is 63.9 Å². The van der Waals surface area contributed by atoms with Crippen LogP contribution in [0.3, 0.4) is 0 Å². The van der Waals surface area contributed by atoms with Gasteiger partial charge in [0.2, 0.25) is 0 Å². The number of fused-ring (bicyclic) bond motifs is 1. The van der Waals surface area contributed by atoms with Gasteiger partial charge in [-0.3, -0.25) is 9.36 Å². The summed E-state index contributed by atoms with van der Waals surface area (Å²) < 4.78 is 7.38. The third-order valence-electron chi connectivity index (χ3n) is 7.59. The third-order valence-corrected chi connectivity index (χ3v) is 10.2. The van der Waals surface area contributed by atoms with Crippen molar-refractivity contribution in [3.05, 3.63) is 70.1 Å². The number of ether oxygens (including phenoxy) is 1. The molecule has 1 spiro atoms. The molecule has 0 unspecified atom stereocenters. The summed E-state index contributed by atoms with van der Waals surface area (Å²) in [6, 6.07) is 7.30. The smallest absolute Gasteiger partial charge is 0.263 e. The Balaban J connectivity index is 1.19. The van der Waals surface area contributed by atoms with Gasteiger partial charge in [0.05, 0.1) is 47.8 Å². The van der Waals surface area contributed by atoms with Crippen molar-refractivity contribution in [3.63, 3.8) is 0 Å². The van der Waals surface area contributed by atoms with Gasteiger partial charge in [-0.05, 0) is 53.6 Å². The van der Waals surface area contributed by atoms with Crippen LogP contribution in [-0.2, 0) is 11.3 Å². The molecule has 5 heterocycles. The first-order valence-corrected chi connectivity index (χ1v) is 14.9. The number of piperidine rings is 1. The van der Waals surface area contributed by atoms with E-state index in [0.29, 0.717) is 31.7 Å². The van der Waals surface area contributed by atoms with Crippen LogP contribution in [0.25, 0.3) is 10.9 Å². The molecular weight excluding hydrogens is 651 g/mol. The molecule has 0 aliphatic carbocycles. The van der Waals surface area contributed by atoms with Crippen molar-refractivity contribution in [2.75, 3.05) is 30.3 Å². The average molecular weight is 677 g/mol. The number of hydrogen-bond acceptors (Lipinski definition) is 10. The number of rotatable bonds is 5. The minimum atomic E-state index is -0.249. The molecular formula is C26H26ClIN8O2S. The second kappa shape index (κ2) is 10.8. The van der Waals surface area contributed by atoms with Gasteiger partial charge >= 0.3 is 0 Å². The lowest BCUT2D eigenvalue weighted by Gasteiger charge is -2.41. The first kappa shape index (κ1) is 26.7. The predicted molar refractivity (Wildman–Crippen MR) is 161 cm³/mol. The topological polar surface area (TPSA) is 138 Å². The Morgan fingerprint density at radius 3 is 2.67 bits per heavy atom. The largest absolute Gasteiger partial charge is 0.383 e. The van der Waals surface area contributed by atoms with Gasteiger partial charge in [0.1, 0.15) is 20.8 Å². The SMILES string of the molecule is Nc1ncccc1Cn1cnc2ccc(Sc3cnc(N4CCC5(CC4)CO[C@@H](I)[C@H]5N)cn3)c(Cl)c2c1=O. The summed E-state index contributed by atoms with van der Waals surface area (Å²) in [4.78, 5) is 34.1. The van der Waals surface area contributed by atoms with Crippen LogP contribution in [0.4, 0.5) is 11.6 Å². The Kier molecular flexibility index (Phi) is 7.39. The van der Waals surface area contributed by atoms with Crippen LogP contribution < -0.4 is 21.9 Å². The molecule has 2 atom stereocenters. The zero-order valence-corrected chi connectivity index (χ0v) is 24.6. The maximum atomic E-state index is 13.3. The van der Waals surface area contributed by atoms with Crippen LogP contribution in [0.1, 0.15) is 18.4 Å². The lowest BCUT2D eigenvalue weighted by molar-refractivity contribution is 0.127. The van der Waals surface area contributed by atoms with E-state index in [1.54, 1.807) is 30.7 Å². The lowest BCUT2D eigenvalue weighted by Crippen LogP contribution is -2.50. The number of alkyl halides is 1. The number of nitrogens with zero attached hydrogens (tertiary/aromatic N) is 6. The quantitative estimate of drug-likeness (QED) is 0.238. The molecule has 2 saturated heterocycles. The van der Waals surface area contributed by atoms with E-state index in [0.717, 1.165) is 43.9 Å². The minimum Gasteiger partial charge on any atom is -0.383 e. The Bertz CT molecular complexity index is 1580. The number of benzene rings is 1. The van der Waals surface area contributed by atoms with E-state index in [1.807, 2.05) is 12.1 Å². The van der Waals surface area contributed by atoms with Gasteiger partial charge in [-0.15, -0.1) is 0 Å². The molecule has 10 nitrogen and oxygen atoms in total. The van der Waals surface area contributed by atoms with Crippen molar-refractivity contribution in [2.24, 2.45) is 11.1 Å².